The average molecular weight is 454 g/mol. The summed E-state index contributed by atoms with van der Waals surface area (Å²) in [5.41, 5.74) is 0. The van der Waals surface area contributed by atoms with Crippen LogP contribution in [0.15, 0.2) is 18.2 Å². The summed E-state index contributed by atoms with van der Waals surface area (Å²) < 4.78 is 25.0. The van der Waals surface area contributed by atoms with Crippen LogP contribution in [-0.2, 0) is 9.53 Å². The van der Waals surface area contributed by atoms with E-state index < -0.39 is 0 Å². The van der Waals surface area contributed by atoms with Crippen LogP contribution in [0.4, 0.5) is 9.18 Å². The first-order chi connectivity index (χ1) is 14.9. The van der Waals surface area contributed by atoms with Crippen LogP contribution in [0.3, 0.4) is 0 Å². The average Bonchev–Trinajstić information content (AvgIpc) is 2.78. The van der Waals surface area contributed by atoms with Crippen LogP contribution in [-0.4, -0.2) is 72.8 Å². The van der Waals surface area contributed by atoms with Crippen molar-refractivity contribution in [2.75, 3.05) is 32.8 Å². The van der Waals surface area contributed by atoms with Gasteiger partial charge in [-0.05, 0) is 49.8 Å². The smallest absolute Gasteiger partial charge is 0.320 e. The number of hydrogen-bond donors (Lipinski definition) is 1. The van der Waals surface area contributed by atoms with Crippen molar-refractivity contribution in [1.82, 2.24) is 15.1 Å². The molecule has 3 aliphatic heterocycles. The fourth-order valence-corrected chi connectivity index (χ4v) is 4.99. The molecule has 0 aliphatic carbocycles. The highest BCUT2D eigenvalue weighted by Crippen LogP contribution is 2.31. The van der Waals surface area contributed by atoms with Crippen LogP contribution in [0.5, 0.6) is 5.75 Å². The number of urea groups is 1. The summed E-state index contributed by atoms with van der Waals surface area (Å²) in [6.45, 7) is 4.61. The SMILES string of the molecule is CCC(Oc1ccc(F)cc1Cl)C1CCN(C(=O)N2CCC3OCC(=O)NC3C2)CC1. The maximum atomic E-state index is 13.3. The molecule has 7 nitrogen and oxygen atoms in total. The number of amides is 3. The minimum atomic E-state index is -0.388. The maximum Gasteiger partial charge on any atom is 0.320 e. The molecule has 0 spiro atoms. The third kappa shape index (κ3) is 5.06. The van der Waals surface area contributed by atoms with E-state index in [1.165, 1.54) is 12.1 Å². The molecule has 1 N–H and O–H groups in total. The third-order valence-corrected chi connectivity index (χ3v) is 6.80. The van der Waals surface area contributed by atoms with E-state index in [-0.39, 0.29) is 47.6 Å². The van der Waals surface area contributed by atoms with Gasteiger partial charge in [0.05, 0.1) is 17.2 Å². The number of morpholine rings is 1. The van der Waals surface area contributed by atoms with Crippen molar-refractivity contribution in [3.63, 3.8) is 0 Å². The number of hydrogen-bond acceptors (Lipinski definition) is 4. The molecule has 3 aliphatic rings. The zero-order chi connectivity index (χ0) is 22.0. The number of nitrogens with zero attached hydrogens (tertiary/aromatic N) is 2. The Labute approximate surface area is 186 Å². The van der Waals surface area contributed by atoms with Gasteiger partial charge >= 0.3 is 6.03 Å². The summed E-state index contributed by atoms with van der Waals surface area (Å²) >= 11 is 6.12. The number of halogens is 2. The summed E-state index contributed by atoms with van der Waals surface area (Å²) in [6, 6.07) is 4.06. The Morgan fingerprint density at radius 2 is 2.03 bits per heavy atom. The van der Waals surface area contributed by atoms with Crippen LogP contribution in [0, 0.1) is 11.7 Å². The van der Waals surface area contributed by atoms with Gasteiger partial charge in [0.15, 0.2) is 0 Å². The van der Waals surface area contributed by atoms with Crippen molar-refractivity contribution in [3.05, 3.63) is 29.0 Å². The van der Waals surface area contributed by atoms with Crippen molar-refractivity contribution in [1.29, 1.82) is 0 Å². The summed E-state index contributed by atoms with van der Waals surface area (Å²) in [6.07, 6.45) is 3.17. The highest BCUT2D eigenvalue weighted by Gasteiger charge is 2.38. The summed E-state index contributed by atoms with van der Waals surface area (Å²) in [5.74, 6) is 0.281. The van der Waals surface area contributed by atoms with Gasteiger partial charge in [0.2, 0.25) is 5.91 Å². The van der Waals surface area contributed by atoms with Crippen LogP contribution in [0.1, 0.15) is 32.6 Å². The molecule has 3 fully saturated rings. The molecule has 0 saturated carbocycles. The van der Waals surface area contributed by atoms with E-state index in [4.69, 9.17) is 21.1 Å². The van der Waals surface area contributed by atoms with Gasteiger partial charge in [-0.25, -0.2) is 9.18 Å². The van der Waals surface area contributed by atoms with E-state index >= 15 is 0 Å². The van der Waals surface area contributed by atoms with Crippen molar-refractivity contribution in [3.8, 4) is 5.75 Å². The molecule has 1 aromatic carbocycles. The zero-order valence-corrected chi connectivity index (χ0v) is 18.4. The van der Waals surface area contributed by atoms with Gasteiger partial charge in [-0.15, -0.1) is 0 Å². The van der Waals surface area contributed by atoms with E-state index in [2.05, 4.69) is 12.2 Å². The second kappa shape index (κ2) is 9.61. The summed E-state index contributed by atoms with van der Waals surface area (Å²) in [7, 11) is 0. The second-order valence-corrected chi connectivity index (χ2v) is 8.91. The molecule has 170 valence electrons. The molecular weight excluding hydrogens is 425 g/mol. The van der Waals surface area contributed by atoms with E-state index in [0.29, 0.717) is 37.8 Å². The lowest BCUT2D eigenvalue weighted by molar-refractivity contribution is -0.139. The predicted molar refractivity (Wildman–Crippen MR) is 114 cm³/mol. The number of benzene rings is 1. The summed E-state index contributed by atoms with van der Waals surface area (Å²) in [4.78, 5) is 28.4. The highest BCUT2D eigenvalue weighted by molar-refractivity contribution is 6.32. The maximum absolute atomic E-state index is 13.3. The number of rotatable bonds is 4. The number of nitrogens with one attached hydrogen (secondary N) is 1. The first-order valence-electron chi connectivity index (χ1n) is 11.0. The van der Waals surface area contributed by atoms with Crippen molar-refractivity contribution < 1.29 is 23.5 Å². The lowest BCUT2D eigenvalue weighted by Gasteiger charge is -2.44. The molecule has 3 unspecified atom stereocenters. The Morgan fingerprint density at radius 1 is 1.29 bits per heavy atom. The van der Waals surface area contributed by atoms with Crippen LogP contribution in [0.25, 0.3) is 0 Å². The monoisotopic (exact) mass is 453 g/mol. The number of carbonyl (C=O) groups excluding carboxylic acids is 2. The van der Waals surface area contributed by atoms with E-state index in [9.17, 15) is 14.0 Å². The van der Waals surface area contributed by atoms with Gasteiger partial charge in [0, 0.05) is 26.2 Å². The molecule has 3 atom stereocenters. The Balaban J connectivity index is 1.30. The fourth-order valence-electron chi connectivity index (χ4n) is 4.78. The molecule has 31 heavy (non-hydrogen) atoms. The second-order valence-electron chi connectivity index (χ2n) is 8.50. The van der Waals surface area contributed by atoms with Crippen molar-refractivity contribution in [2.24, 2.45) is 5.92 Å². The zero-order valence-electron chi connectivity index (χ0n) is 17.7. The molecular formula is C22H29ClFN3O4. The highest BCUT2D eigenvalue weighted by atomic mass is 35.5. The van der Waals surface area contributed by atoms with Crippen molar-refractivity contribution in [2.45, 2.75) is 50.9 Å². The van der Waals surface area contributed by atoms with Crippen LogP contribution < -0.4 is 10.1 Å². The Hall–Kier alpha value is -2.06. The van der Waals surface area contributed by atoms with Gasteiger partial charge < -0.3 is 24.6 Å². The minimum absolute atomic E-state index is 0.00627. The molecule has 0 bridgehead atoms. The standard InChI is InChI=1S/C22H29ClFN3O4/c1-2-18(31-19-4-3-15(24)11-16(19)23)14-5-8-26(9-6-14)22(29)27-10-7-20-17(12-27)25-21(28)13-30-20/h3-4,11,14,17-18,20H,2,5-10,12-13H2,1H3,(H,25,28). The van der Waals surface area contributed by atoms with Crippen LogP contribution in [0.2, 0.25) is 5.02 Å². The van der Waals surface area contributed by atoms with Crippen molar-refractivity contribution >= 4 is 23.5 Å². The molecule has 3 saturated heterocycles. The molecule has 0 radical (unpaired) electrons. The Bertz CT molecular complexity index is 818. The van der Waals surface area contributed by atoms with E-state index in [0.717, 1.165) is 25.7 Å². The number of carbonyl (C=O) groups is 2. The predicted octanol–water partition coefficient (Wildman–Crippen LogP) is 3.06. The van der Waals surface area contributed by atoms with Gasteiger partial charge in [-0.1, -0.05) is 18.5 Å². The lowest BCUT2D eigenvalue weighted by Crippen LogP contribution is -2.62. The number of piperidine rings is 2. The lowest BCUT2D eigenvalue weighted by atomic mass is 9.89. The van der Waals surface area contributed by atoms with Gasteiger partial charge in [0.1, 0.15) is 24.3 Å². The molecule has 3 heterocycles. The van der Waals surface area contributed by atoms with Gasteiger partial charge in [-0.2, -0.15) is 0 Å². The minimum Gasteiger partial charge on any atom is -0.489 e. The van der Waals surface area contributed by atoms with E-state index in [1.807, 2.05) is 9.80 Å². The number of likely N-dealkylation sites (tertiary alicyclic amines) is 2. The normalized spacial score (nSPS) is 25.6. The van der Waals surface area contributed by atoms with E-state index in [1.54, 1.807) is 6.07 Å². The molecule has 9 heteroatoms. The first kappa shape index (κ1) is 22.1. The molecule has 4 rings (SSSR count). The third-order valence-electron chi connectivity index (χ3n) is 6.51. The largest absolute Gasteiger partial charge is 0.489 e. The topological polar surface area (TPSA) is 71.1 Å². The van der Waals surface area contributed by atoms with Gasteiger partial charge in [0.25, 0.3) is 0 Å². The van der Waals surface area contributed by atoms with Gasteiger partial charge in [-0.3, -0.25) is 4.79 Å². The van der Waals surface area contributed by atoms with Crippen LogP contribution >= 0.6 is 11.6 Å². The quantitative estimate of drug-likeness (QED) is 0.760. The number of fused-ring (bicyclic) bond motifs is 1. The first-order valence-corrected chi connectivity index (χ1v) is 11.4. The molecule has 3 amide bonds. The number of ether oxygens (including phenoxy) is 2. The fraction of sp³-hybridized carbons (Fsp3) is 0.636. The Kier molecular flexibility index (Phi) is 6.86. The molecule has 0 aromatic heterocycles. The Morgan fingerprint density at radius 3 is 2.74 bits per heavy atom. The summed E-state index contributed by atoms with van der Waals surface area (Å²) in [5, 5.41) is 3.21. The molecule has 1 aromatic rings.